The van der Waals surface area contributed by atoms with Crippen LogP contribution in [0.5, 0.6) is 0 Å². The minimum Gasteiger partial charge on any atom is -0.379 e. The van der Waals surface area contributed by atoms with E-state index in [4.69, 9.17) is 0 Å². The van der Waals surface area contributed by atoms with Crippen LogP contribution in [-0.4, -0.2) is 53.8 Å². The number of anilines is 1. The molecule has 0 aromatic carbocycles. The summed E-state index contributed by atoms with van der Waals surface area (Å²) in [4.78, 5) is 9.93. The first kappa shape index (κ1) is 16.0. The number of imidazole rings is 1. The van der Waals surface area contributed by atoms with E-state index in [1.165, 1.54) is 0 Å². The predicted octanol–water partition coefficient (Wildman–Crippen LogP) is 2.05. The lowest BCUT2D eigenvalue weighted by molar-refractivity contribution is 0.207. The molecule has 8 nitrogen and oxygen atoms in total. The summed E-state index contributed by atoms with van der Waals surface area (Å²) in [5.41, 5.74) is 2.87. The van der Waals surface area contributed by atoms with Crippen molar-refractivity contribution in [2.45, 2.75) is 45.2 Å². The van der Waals surface area contributed by atoms with Crippen LogP contribution >= 0.6 is 0 Å². The van der Waals surface area contributed by atoms with Gasteiger partial charge in [0, 0.05) is 31.5 Å². The van der Waals surface area contributed by atoms with Gasteiger partial charge in [0.1, 0.15) is 12.2 Å². The number of rotatable bonds is 5. The molecule has 3 aromatic heterocycles. The maximum absolute atomic E-state index is 4.58. The Hall–Kier alpha value is -2.48. The lowest BCUT2D eigenvalue weighted by Gasteiger charge is -2.32. The molecule has 4 rings (SSSR count). The number of H-pyrrole nitrogens is 1. The van der Waals surface area contributed by atoms with Crippen molar-refractivity contribution in [3.63, 3.8) is 0 Å². The SMILES string of the molecule is CC(C)c1cc(NC2CCN(Cc3ncc[nH]3)CC2)c2nncn2n1. The lowest BCUT2D eigenvalue weighted by Crippen LogP contribution is -2.39. The van der Waals surface area contributed by atoms with Gasteiger partial charge in [-0.3, -0.25) is 4.90 Å². The van der Waals surface area contributed by atoms with Gasteiger partial charge in [0.05, 0.1) is 17.9 Å². The van der Waals surface area contributed by atoms with E-state index < -0.39 is 0 Å². The molecule has 0 radical (unpaired) electrons. The second kappa shape index (κ2) is 6.79. The number of fused-ring (bicyclic) bond motifs is 1. The van der Waals surface area contributed by atoms with E-state index in [0.717, 1.165) is 55.3 Å². The van der Waals surface area contributed by atoms with E-state index in [0.29, 0.717) is 12.0 Å². The summed E-state index contributed by atoms with van der Waals surface area (Å²) in [7, 11) is 0. The van der Waals surface area contributed by atoms with Gasteiger partial charge >= 0.3 is 0 Å². The van der Waals surface area contributed by atoms with Crippen molar-refractivity contribution in [1.29, 1.82) is 0 Å². The highest BCUT2D eigenvalue weighted by Crippen LogP contribution is 2.23. The van der Waals surface area contributed by atoms with Gasteiger partial charge in [-0.05, 0) is 24.8 Å². The zero-order valence-corrected chi connectivity index (χ0v) is 14.7. The van der Waals surface area contributed by atoms with E-state index in [1.54, 1.807) is 10.8 Å². The summed E-state index contributed by atoms with van der Waals surface area (Å²) in [6.45, 7) is 7.30. The van der Waals surface area contributed by atoms with E-state index in [-0.39, 0.29) is 0 Å². The summed E-state index contributed by atoms with van der Waals surface area (Å²) >= 11 is 0. The first-order valence-electron chi connectivity index (χ1n) is 8.87. The standard InChI is InChI=1S/C17H24N8/c1-12(2)14-9-15(17-22-20-11-25(17)23-14)21-13-3-7-24(8-4-13)10-16-18-5-6-19-16/h5-6,9,11-13,21H,3-4,7-8,10H2,1-2H3,(H,18,19). The van der Waals surface area contributed by atoms with Crippen LogP contribution in [0.3, 0.4) is 0 Å². The van der Waals surface area contributed by atoms with Crippen LogP contribution in [0.15, 0.2) is 24.8 Å². The predicted molar refractivity (Wildman–Crippen MR) is 95.4 cm³/mol. The average Bonchev–Trinajstić information content (AvgIpc) is 3.28. The van der Waals surface area contributed by atoms with Crippen molar-refractivity contribution in [2.75, 3.05) is 18.4 Å². The molecule has 1 saturated heterocycles. The molecular weight excluding hydrogens is 316 g/mol. The Bertz CT molecular complexity index is 814. The topological polar surface area (TPSA) is 87.0 Å². The number of hydrogen-bond acceptors (Lipinski definition) is 6. The Kier molecular flexibility index (Phi) is 4.35. The molecular formula is C17H24N8. The lowest BCUT2D eigenvalue weighted by atomic mass is 10.0. The maximum atomic E-state index is 4.58. The molecule has 0 unspecified atom stereocenters. The van der Waals surface area contributed by atoms with Crippen LogP contribution in [0, 0.1) is 0 Å². The Labute approximate surface area is 146 Å². The summed E-state index contributed by atoms with van der Waals surface area (Å²) in [5, 5.41) is 16.5. The number of aromatic amines is 1. The smallest absolute Gasteiger partial charge is 0.200 e. The minimum absolute atomic E-state index is 0.363. The monoisotopic (exact) mass is 340 g/mol. The van der Waals surface area contributed by atoms with Crippen LogP contribution < -0.4 is 5.32 Å². The molecule has 4 heterocycles. The van der Waals surface area contributed by atoms with Crippen molar-refractivity contribution >= 4 is 11.3 Å². The van der Waals surface area contributed by atoms with Crippen molar-refractivity contribution in [3.05, 3.63) is 36.3 Å². The van der Waals surface area contributed by atoms with Gasteiger partial charge in [-0.15, -0.1) is 10.2 Å². The van der Waals surface area contributed by atoms with Crippen LogP contribution in [0.4, 0.5) is 5.69 Å². The number of nitrogens with zero attached hydrogens (tertiary/aromatic N) is 6. The zero-order valence-electron chi connectivity index (χ0n) is 14.7. The van der Waals surface area contributed by atoms with Crippen LogP contribution in [0.25, 0.3) is 5.65 Å². The quantitative estimate of drug-likeness (QED) is 0.739. The summed E-state index contributed by atoms with van der Waals surface area (Å²) in [6, 6.07) is 2.56. The van der Waals surface area contributed by atoms with Crippen molar-refractivity contribution < 1.29 is 0 Å². The van der Waals surface area contributed by atoms with Gasteiger partial charge in [-0.25, -0.2) is 4.98 Å². The third-order valence-electron chi connectivity index (χ3n) is 4.75. The summed E-state index contributed by atoms with van der Waals surface area (Å²) < 4.78 is 1.77. The van der Waals surface area contributed by atoms with Crippen molar-refractivity contribution in [1.82, 2.24) is 34.7 Å². The van der Waals surface area contributed by atoms with Crippen molar-refractivity contribution in [3.8, 4) is 0 Å². The molecule has 0 atom stereocenters. The molecule has 0 aliphatic carbocycles. The molecule has 0 amide bonds. The minimum atomic E-state index is 0.363. The molecule has 0 saturated carbocycles. The fourth-order valence-corrected chi connectivity index (χ4v) is 3.29. The Balaban J connectivity index is 1.43. The normalized spacial score (nSPS) is 16.8. The van der Waals surface area contributed by atoms with E-state index in [1.807, 2.05) is 12.4 Å². The number of hydrogen-bond donors (Lipinski definition) is 2. The molecule has 1 aliphatic heterocycles. The van der Waals surface area contributed by atoms with Crippen LogP contribution in [0.2, 0.25) is 0 Å². The van der Waals surface area contributed by atoms with E-state index >= 15 is 0 Å². The number of piperidine rings is 1. The molecule has 2 N–H and O–H groups in total. The van der Waals surface area contributed by atoms with Gasteiger partial charge in [0.25, 0.3) is 0 Å². The maximum Gasteiger partial charge on any atom is 0.200 e. The fraction of sp³-hybridized carbons (Fsp3) is 0.529. The van der Waals surface area contributed by atoms with Crippen LogP contribution in [-0.2, 0) is 6.54 Å². The van der Waals surface area contributed by atoms with Gasteiger partial charge < -0.3 is 10.3 Å². The molecule has 1 fully saturated rings. The number of likely N-dealkylation sites (tertiary alicyclic amines) is 1. The molecule has 0 spiro atoms. The van der Waals surface area contributed by atoms with Crippen LogP contribution in [0.1, 0.15) is 44.1 Å². The van der Waals surface area contributed by atoms with E-state index in [9.17, 15) is 0 Å². The first-order valence-corrected chi connectivity index (χ1v) is 8.87. The Morgan fingerprint density at radius 2 is 2.16 bits per heavy atom. The Morgan fingerprint density at radius 1 is 1.32 bits per heavy atom. The molecule has 8 heteroatoms. The molecule has 3 aromatic rings. The summed E-state index contributed by atoms with van der Waals surface area (Å²) in [6.07, 6.45) is 7.55. The van der Waals surface area contributed by atoms with Gasteiger partial charge in [-0.2, -0.15) is 9.61 Å². The third-order valence-corrected chi connectivity index (χ3v) is 4.75. The fourth-order valence-electron chi connectivity index (χ4n) is 3.29. The third kappa shape index (κ3) is 3.48. The molecule has 1 aliphatic rings. The molecule has 0 bridgehead atoms. The highest BCUT2D eigenvalue weighted by atomic mass is 15.3. The second-order valence-electron chi connectivity index (χ2n) is 6.97. The summed E-state index contributed by atoms with van der Waals surface area (Å²) in [5.74, 6) is 1.40. The number of nitrogens with one attached hydrogen (secondary N) is 2. The van der Waals surface area contributed by atoms with Gasteiger partial charge in [-0.1, -0.05) is 13.8 Å². The average molecular weight is 340 g/mol. The largest absolute Gasteiger partial charge is 0.379 e. The molecule has 132 valence electrons. The first-order chi connectivity index (χ1) is 12.2. The van der Waals surface area contributed by atoms with E-state index in [2.05, 4.69) is 55.4 Å². The van der Waals surface area contributed by atoms with Gasteiger partial charge in [0.2, 0.25) is 5.65 Å². The number of aromatic nitrogens is 6. The highest BCUT2D eigenvalue weighted by molar-refractivity contribution is 5.67. The highest BCUT2D eigenvalue weighted by Gasteiger charge is 2.21. The zero-order chi connectivity index (χ0) is 17.2. The Morgan fingerprint density at radius 3 is 2.88 bits per heavy atom. The second-order valence-corrected chi connectivity index (χ2v) is 6.97. The van der Waals surface area contributed by atoms with Crippen molar-refractivity contribution in [2.24, 2.45) is 0 Å². The molecule has 25 heavy (non-hydrogen) atoms. The van der Waals surface area contributed by atoms with Gasteiger partial charge in [0.15, 0.2) is 0 Å².